The first-order chi connectivity index (χ1) is 36.0. The van der Waals surface area contributed by atoms with E-state index in [0.717, 1.165) is 38.5 Å². The van der Waals surface area contributed by atoms with Gasteiger partial charge in [-0.1, -0.05) is 354 Å². The maximum Gasteiger partial charge on any atom is 0.305 e. The molecule has 0 aromatic rings. The second-order valence-corrected chi connectivity index (χ2v) is 23.5. The Labute approximate surface area is 457 Å². The van der Waals surface area contributed by atoms with Gasteiger partial charge < -0.3 is 20.3 Å². The van der Waals surface area contributed by atoms with E-state index in [0.29, 0.717) is 25.9 Å². The van der Waals surface area contributed by atoms with Crippen LogP contribution in [-0.2, 0) is 14.3 Å². The molecule has 6 heteroatoms. The Balaban J connectivity index is 3.38. The van der Waals surface area contributed by atoms with Crippen molar-refractivity contribution in [2.75, 3.05) is 13.2 Å². The summed E-state index contributed by atoms with van der Waals surface area (Å²) in [6, 6.07) is -0.545. The molecule has 436 valence electrons. The highest BCUT2D eigenvalue weighted by Gasteiger charge is 2.20. The van der Waals surface area contributed by atoms with Gasteiger partial charge in [0.15, 0.2) is 0 Å². The molecule has 0 rings (SSSR count). The standard InChI is InChI=1S/C67H133NO5/c1-3-5-7-9-11-13-15-17-19-21-23-25-27-31-35-39-43-47-51-55-59-65(70)64(63-69)68-66(71)60-56-52-48-44-40-36-32-28-26-30-34-38-42-46-50-54-58-62-73-67(72)61-57-53-49-45-41-37-33-29-24-22-20-18-16-14-12-10-8-6-4-2/h64-65,69-70H,3-63H2,1-2H3,(H,68,71). The Morgan fingerprint density at radius 1 is 0.329 bits per heavy atom. The van der Waals surface area contributed by atoms with Gasteiger partial charge in [0.1, 0.15) is 0 Å². The minimum atomic E-state index is -0.668. The zero-order valence-corrected chi connectivity index (χ0v) is 49.9. The summed E-state index contributed by atoms with van der Waals surface area (Å²) in [7, 11) is 0. The summed E-state index contributed by atoms with van der Waals surface area (Å²) in [6.45, 7) is 4.99. The van der Waals surface area contributed by atoms with Crippen molar-refractivity contribution >= 4 is 11.9 Å². The third-order valence-corrected chi connectivity index (χ3v) is 16.2. The molecule has 0 spiro atoms. The third kappa shape index (κ3) is 60.0. The van der Waals surface area contributed by atoms with Crippen molar-refractivity contribution in [3.8, 4) is 0 Å². The van der Waals surface area contributed by atoms with Gasteiger partial charge in [0.05, 0.1) is 25.4 Å². The molecule has 2 atom stereocenters. The first-order valence-corrected chi connectivity index (χ1v) is 33.8. The Kier molecular flexibility index (Phi) is 62.4. The summed E-state index contributed by atoms with van der Waals surface area (Å²) in [5, 5.41) is 23.4. The lowest BCUT2D eigenvalue weighted by molar-refractivity contribution is -0.143. The molecule has 0 bridgehead atoms. The van der Waals surface area contributed by atoms with Crippen LogP contribution in [0, 0.1) is 0 Å². The lowest BCUT2D eigenvalue weighted by Gasteiger charge is -2.22. The molecule has 0 aromatic heterocycles. The maximum atomic E-state index is 12.5. The van der Waals surface area contributed by atoms with Crippen LogP contribution in [-0.4, -0.2) is 47.4 Å². The number of hydrogen-bond donors (Lipinski definition) is 3. The SMILES string of the molecule is CCCCCCCCCCCCCCCCCCCCCCC(O)C(CO)NC(=O)CCCCCCCCCCCCCCCCCCCOC(=O)CCCCCCCCCCCCCCCCCCCCC. The molecule has 6 nitrogen and oxygen atoms in total. The fourth-order valence-electron chi connectivity index (χ4n) is 11.0. The summed E-state index contributed by atoms with van der Waals surface area (Å²) in [6.07, 6.45) is 75.5. The van der Waals surface area contributed by atoms with Crippen LogP contribution in [0.1, 0.15) is 393 Å². The number of aliphatic hydroxyl groups excluding tert-OH is 2. The number of nitrogens with one attached hydrogen (secondary N) is 1. The zero-order valence-electron chi connectivity index (χ0n) is 49.9. The Morgan fingerprint density at radius 2 is 0.562 bits per heavy atom. The highest BCUT2D eigenvalue weighted by atomic mass is 16.5. The second-order valence-electron chi connectivity index (χ2n) is 23.5. The molecule has 0 aliphatic heterocycles. The summed E-state index contributed by atoms with van der Waals surface area (Å²) in [4.78, 5) is 24.6. The molecular formula is C67H133NO5. The number of carbonyl (C=O) groups excluding carboxylic acids is 2. The number of carbonyl (C=O) groups is 2. The van der Waals surface area contributed by atoms with Gasteiger partial charge in [0.2, 0.25) is 5.91 Å². The number of rotatable bonds is 64. The lowest BCUT2D eigenvalue weighted by Crippen LogP contribution is -2.45. The van der Waals surface area contributed by atoms with Crippen LogP contribution >= 0.6 is 0 Å². The molecule has 0 saturated carbocycles. The van der Waals surface area contributed by atoms with E-state index < -0.39 is 12.1 Å². The largest absolute Gasteiger partial charge is 0.466 e. The molecule has 73 heavy (non-hydrogen) atoms. The van der Waals surface area contributed by atoms with E-state index in [1.54, 1.807) is 0 Å². The fourth-order valence-corrected chi connectivity index (χ4v) is 11.0. The van der Waals surface area contributed by atoms with E-state index >= 15 is 0 Å². The van der Waals surface area contributed by atoms with Crippen LogP contribution in [0.2, 0.25) is 0 Å². The molecule has 0 radical (unpaired) electrons. The van der Waals surface area contributed by atoms with Gasteiger partial charge in [-0.2, -0.15) is 0 Å². The van der Waals surface area contributed by atoms with E-state index in [-0.39, 0.29) is 18.5 Å². The van der Waals surface area contributed by atoms with Gasteiger partial charge in [0.25, 0.3) is 0 Å². The van der Waals surface area contributed by atoms with Crippen LogP contribution in [0.5, 0.6) is 0 Å². The van der Waals surface area contributed by atoms with Crippen molar-refractivity contribution in [2.45, 2.75) is 405 Å². The number of hydrogen-bond acceptors (Lipinski definition) is 5. The molecule has 0 fully saturated rings. The zero-order chi connectivity index (χ0) is 52.9. The van der Waals surface area contributed by atoms with Crippen molar-refractivity contribution in [1.29, 1.82) is 0 Å². The van der Waals surface area contributed by atoms with Crippen molar-refractivity contribution in [3.63, 3.8) is 0 Å². The normalized spacial score (nSPS) is 12.4. The Morgan fingerprint density at radius 3 is 0.836 bits per heavy atom. The van der Waals surface area contributed by atoms with Gasteiger partial charge >= 0.3 is 5.97 Å². The second kappa shape index (κ2) is 63.4. The van der Waals surface area contributed by atoms with Gasteiger partial charge in [-0.25, -0.2) is 0 Å². The van der Waals surface area contributed by atoms with E-state index in [1.807, 2.05) is 0 Å². The molecule has 0 aromatic carbocycles. The molecule has 2 unspecified atom stereocenters. The number of esters is 1. The molecular weight excluding hydrogens is 899 g/mol. The summed E-state index contributed by atoms with van der Waals surface area (Å²) < 4.78 is 5.51. The smallest absolute Gasteiger partial charge is 0.305 e. The molecule has 3 N–H and O–H groups in total. The first kappa shape index (κ1) is 71.9. The van der Waals surface area contributed by atoms with Crippen molar-refractivity contribution in [1.82, 2.24) is 5.32 Å². The fraction of sp³-hybridized carbons (Fsp3) is 0.970. The maximum absolute atomic E-state index is 12.5. The summed E-state index contributed by atoms with van der Waals surface area (Å²) in [5.41, 5.74) is 0. The predicted octanol–water partition coefficient (Wildman–Crippen LogP) is 21.4. The highest BCUT2D eigenvalue weighted by molar-refractivity contribution is 5.76. The van der Waals surface area contributed by atoms with Crippen LogP contribution in [0.3, 0.4) is 0 Å². The van der Waals surface area contributed by atoms with Gasteiger partial charge in [-0.15, -0.1) is 0 Å². The van der Waals surface area contributed by atoms with Gasteiger partial charge in [0, 0.05) is 12.8 Å². The van der Waals surface area contributed by atoms with Gasteiger partial charge in [-0.3, -0.25) is 9.59 Å². The Bertz CT molecular complexity index is 1050. The third-order valence-electron chi connectivity index (χ3n) is 16.2. The Hall–Kier alpha value is -1.14. The van der Waals surface area contributed by atoms with Crippen LogP contribution in [0.15, 0.2) is 0 Å². The first-order valence-electron chi connectivity index (χ1n) is 33.8. The monoisotopic (exact) mass is 1030 g/mol. The molecule has 0 saturated heterocycles. The predicted molar refractivity (Wildman–Crippen MR) is 320 cm³/mol. The number of aliphatic hydroxyl groups is 2. The van der Waals surface area contributed by atoms with Crippen LogP contribution in [0.4, 0.5) is 0 Å². The molecule has 0 aliphatic rings. The van der Waals surface area contributed by atoms with Crippen molar-refractivity contribution < 1.29 is 24.5 Å². The van der Waals surface area contributed by atoms with Crippen LogP contribution < -0.4 is 5.32 Å². The molecule has 0 heterocycles. The quantitative estimate of drug-likeness (QED) is 0.0417. The van der Waals surface area contributed by atoms with E-state index in [9.17, 15) is 19.8 Å². The average Bonchev–Trinajstić information content (AvgIpc) is 3.39. The number of amides is 1. The lowest BCUT2D eigenvalue weighted by atomic mass is 10.0. The van der Waals surface area contributed by atoms with Crippen molar-refractivity contribution in [2.24, 2.45) is 0 Å². The summed E-state index contributed by atoms with van der Waals surface area (Å²) in [5.74, 6) is -0.0233. The van der Waals surface area contributed by atoms with E-state index in [1.165, 1.54) is 321 Å². The number of ether oxygens (including phenoxy) is 1. The minimum absolute atomic E-state index is 0.0118. The molecule has 0 aliphatic carbocycles. The summed E-state index contributed by atoms with van der Waals surface area (Å²) >= 11 is 0. The topological polar surface area (TPSA) is 95.9 Å². The van der Waals surface area contributed by atoms with Crippen molar-refractivity contribution in [3.05, 3.63) is 0 Å². The van der Waals surface area contributed by atoms with E-state index in [2.05, 4.69) is 19.2 Å². The molecule has 1 amide bonds. The minimum Gasteiger partial charge on any atom is -0.466 e. The highest BCUT2D eigenvalue weighted by Crippen LogP contribution is 2.19. The van der Waals surface area contributed by atoms with Crippen LogP contribution in [0.25, 0.3) is 0 Å². The van der Waals surface area contributed by atoms with Gasteiger partial charge in [-0.05, 0) is 25.7 Å². The average molecular weight is 1030 g/mol. The van der Waals surface area contributed by atoms with E-state index in [4.69, 9.17) is 4.74 Å². The number of unbranched alkanes of at least 4 members (excludes halogenated alkanes) is 53.